The molecule has 0 aromatic rings. The fourth-order valence-corrected chi connectivity index (χ4v) is 2.73. The van der Waals surface area contributed by atoms with Crippen LogP contribution in [0, 0.1) is 11.8 Å². The van der Waals surface area contributed by atoms with Gasteiger partial charge in [0.1, 0.15) is 0 Å². The van der Waals surface area contributed by atoms with Gasteiger partial charge in [-0.2, -0.15) is 0 Å². The summed E-state index contributed by atoms with van der Waals surface area (Å²) in [6, 6.07) is 0. The van der Waals surface area contributed by atoms with Crippen LogP contribution < -0.4 is 11.1 Å². The van der Waals surface area contributed by atoms with Crippen molar-refractivity contribution in [2.45, 2.75) is 57.4 Å². The average molecular weight is 224 g/mol. The van der Waals surface area contributed by atoms with E-state index in [1.165, 1.54) is 25.7 Å². The van der Waals surface area contributed by atoms with Crippen molar-refractivity contribution in [3.05, 3.63) is 0 Å². The molecule has 3 nitrogen and oxygen atoms in total. The smallest absolute Gasteiger partial charge is 0.240 e. The van der Waals surface area contributed by atoms with Crippen molar-refractivity contribution in [2.24, 2.45) is 17.6 Å². The summed E-state index contributed by atoms with van der Waals surface area (Å²) in [5, 5.41) is 3.05. The molecule has 2 saturated carbocycles. The van der Waals surface area contributed by atoms with Crippen LogP contribution in [-0.2, 0) is 4.79 Å². The van der Waals surface area contributed by atoms with Gasteiger partial charge < -0.3 is 11.1 Å². The predicted molar refractivity (Wildman–Crippen MR) is 64.9 cm³/mol. The normalized spacial score (nSPS) is 32.9. The summed E-state index contributed by atoms with van der Waals surface area (Å²) in [6.45, 7) is 3.16. The minimum absolute atomic E-state index is 0.0809. The molecule has 2 fully saturated rings. The molecule has 0 aromatic heterocycles. The Kier molecular flexibility index (Phi) is 3.53. The molecule has 0 radical (unpaired) electrons. The first-order valence-electron chi connectivity index (χ1n) is 6.67. The van der Waals surface area contributed by atoms with E-state index in [-0.39, 0.29) is 5.91 Å². The zero-order valence-electron chi connectivity index (χ0n) is 10.3. The quantitative estimate of drug-likeness (QED) is 0.768. The second kappa shape index (κ2) is 4.74. The van der Waals surface area contributed by atoms with Crippen LogP contribution in [0.3, 0.4) is 0 Å². The molecule has 0 unspecified atom stereocenters. The maximum atomic E-state index is 11.8. The summed E-state index contributed by atoms with van der Waals surface area (Å²) in [6.07, 6.45) is 7.98. The van der Waals surface area contributed by atoms with Crippen molar-refractivity contribution in [1.29, 1.82) is 0 Å². The van der Waals surface area contributed by atoms with Gasteiger partial charge in [-0.25, -0.2) is 0 Å². The number of nitrogens with one attached hydrogen (secondary N) is 1. The van der Waals surface area contributed by atoms with Crippen LogP contribution >= 0.6 is 0 Å². The van der Waals surface area contributed by atoms with Gasteiger partial charge >= 0.3 is 0 Å². The van der Waals surface area contributed by atoms with Crippen molar-refractivity contribution >= 4 is 5.91 Å². The van der Waals surface area contributed by atoms with Crippen LogP contribution in [0.2, 0.25) is 0 Å². The molecule has 0 bridgehead atoms. The molecular weight excluding hydrogens is 200 g/mol. The third kappa shape index (κ3) is 2.57. The number of carbonyl (C=O) groups is 1. The maximum absolute atomic E-state index is 11.8. The highest BCUT2D eigenvalue weighted by Gasteiger charge is 2.40. The van der Waals surface area contributed by atoms with Crippen LogP contribution in [0.1, 0.15) is 51.9 Å². The SMILES string of the molecule is CC1CCC(CNC(=O)C2(N)CCC2)CC1. The fourth-order valence-electron chi connectivity index (χ4n) is 2.73. The van der Waals surface area contributed by atoms with E-state index in [1.54, 1.807) is 0 Å². The lowest BCUT2D eigenvalue weighted by Gasteiger charge is -2.37. The number of hydrogen-bond donors (Lipinski definition) is 2. The number of hydrogen-bond acceptors (Lipinski definition) is 2. The molecule has 16 heavy (non-hydrogen) atoms. The van der Waals surface area contributed by atoms with Gasteiger partial charge in [-0.15, -0.1) is 0 Å². The summed E-state index contributed by atoms with van der Waals surface area (Å²) in [5.41, 5.74) is 5.45. The van der Waals surface area contributed by atoms with E-state index in [9.17, 15) is 4.79 Å². The number of rotatable bonds is 3. The molecule has 0 aromatic carbocycles. The van der Waals surface area contributed by atoms with Gasteiger partial charge in [-0.05, 0) is 43.9 Å². The van der Waals surface area contributed by atoms with Gasteiger partial charge in [-0.3, -0.25) is 4.79 Å². The summed E-state index contributed by atoms with van der Waals surface area (Å²) in [7, 11) is 0. The molecule has 0 saturated heterocycles. The summed E-state index contributed by atoms with van der Waals surface area (Å²) in [4.78, 5) is 11.8. The molecule has 3 N–H and O–H groups in total. The van der Waals surface area contributed by atoms with E-state index in [2.05, 4.69) is 12.2 Å². The lowest BCUT2D eigenvalue weighted by Crippen LogP contribution is -2.59. The summed E-state index contributed by atoms with van der Waals surface area (Å²) < 4.78 is 0. The Balaban J connectivity index is 1.69. The first-order chi connectivity index (χ1) is 7.60. The van der Waals surface area contributed by atoms with E-state index in [4.69, 9.17) is 5.73 Å². The van der Waals surface area contributed by atoms with Crippen molar-refractivity contribution in [1.82, 2.24) is 5.32 Å². The molecule has 2 aliphatic rings. The van der Waals surface area contributed by atoms with E-state index in [1.807, 2.05) is 0 Å². The second-order valence-corrected chi connectivity index (χ2v) is 5.85. The monoisotopic (exact) mass is 224 g/mol. The number of carbonyl (C=O) groups excluding carboxylic acids is 1. The molecule has 0 spiro atoms. The first-order valence-corrected chi connectivity index (χ1v) is 6.67. The van der Waals surface area contributed by atoms with Crippen LogP contribution in [0.15, 0.2) is 0 Å². The molecule has 1 amide bonds. The lowest BCUT2D eigenvalue weighted by molar-refractivity contribution is -0.129. The Labute approximate surface area is 98.2 Å². The van der Waals surface area contributed by atoms with E-state index in [0.717, 1.165) is 31.7 Å². The van der Waals surface area contributed by atoms with Gasteiger partial charge in [0, 0.05) is 6.54 Å². The van der Waals surface area contributed by atoms with Crippen LogP contribution in [0.5, 0.6) is 0 Å². The largest absolute Gasteiger partial charge is 0.354 e. The lowest BCUT2D eigenvalue weighted by atomic mass is 9.76. The van der Waals surface area contributed by atoms with Crippen molar-refractivity contribution in [3.8, 4) is 0 Å². The minimum Gasteiger partial charge on any atom is -0.354 e. The van der Waals surface area contributed by atoms with Gasteiger partial charge in [0.05, 0.1) is 5.54 Å². The zero-order chi connectivity index (χ0) is 11.6. The van der Waals surface area contributed by atoms with E-state index >= 15 is 0 Å². The highest BCUT2D eigenvalue weighted by atomic mass is 16.2. The van der Waals surface area contributed by atoms with Gasteiger partial charge in [0.2, 0.25) is 5.91 Å². The van der Waals surface area contributed by atoms with Gasteiger partial charge in [0.25, 0.3) is 0 Å². The van der Waals surface area contributed by atoms with Gasteiger partial charge in [0.15, 0.2) is 0 Å². The first kappa shape index (κ1) is 11.9. The van der Waals surface area contributed by atoms with Crippen molar-refractivity contribution < 1.29 is 4.79 Å². The molecule has 3 heteroatoms. The second-order valence-electron chi connectivity index (χ2n) is 5.85. The Morgan fingerprint density at radius 3 is 2.44 bits per heavy atom. The highest BCUT2D eigenvalue weighted by Crippen LogP contribution is 2.30. The Morgan fingerprint density at radius 1 is 1.31 bits per heavy atom. The standard InChI is InChI=1S/C13H24N2O/c1-10-3-5-11(6-4-10)9-15-12(16)13(14)7-2-8-13/h10-11H,2-9,14H2,1H3,(H,15,16). The topological polar surface area (TPSA) is 55.1 Å². The van der Waals surface area contributed by atoms with Crippen LogP contribution in [0.4, 0.5) is 0 Å². The minimum atomic E-state index is -0.526. The number of amides is 1. The Morgan fingerprint density at radius 2 is 1.94 bits per heavy atom. The van der Waals surface area contributed by atoms with E-state index < -0.39 is 5.54 Å². The average Bonchev–Trinajstić information content (AvgIpc) is 2.24. The van der Waals surface area contributed by atoms with Crippen LogP contribution in [0.25, 0.3) is 0 Å². The molecule has 2 aliphatic carbocycles. The molecular formula is C13H24N2O. The molecule has 0 aliphatic heterocycles. The highest BCUT2D eigenvalue weighted by molar-refractivity contribution is 5.86. The van der Waals surface area contributed by atoms with Crippen molar-refractivity contribution in [3.63, 3.8) is 0 Å². The molecule has 0 heterocycles. The molecule has 92 valence electrons. The van der Waals surface area contributed by atoms with Crippen LogP contribution in [-0.4, -0.2) is 18.0 Å². The van der Waals surface area contributed by atoms with E-state index in [0.29, 0.717) is 5.92 Å². The van der Waals surface area contributed by atoms with Crippen molar-refractivity contribution in [2.75, 3.05) is 6.54 Å². The number of nitrogens with two attached hydrogens (primary N) is 1. The Bertz CT molecular complexity index is 253. The summed E-state index contributed by atoms with van der Waals surface area (Å²) in [5.74, 6) is 1.64. The fraction of sp³-hybridized carbons (Fsp3) is 0.923. The summed E-state index contributed by atoms with van der Waals surface area (Å²) >= 11 is 0. The predicted octanol–water partition coefficient (Wildman–Crippen LogP) is 1.81. The van der Waals surface area contributed by atoms with Gasteiger partial charge in [-0.1, -0.05) is 19.8 Å². The maximum Gasteiger partial charge on any atom is 0.240 e. The molecule has 2 rings (SSSR count). The molecule has 0 atom stereocenters. The third-order valence-corrected chi connectivity index (χ3v) is 4.38. The zero-order valence-corrected chi connectivity index (χ0v) is 10.3. The third-order valence-electron chi connectivity index (χ3n) is 4.38. The Hall–Kier alpha value is -0.570.